The van der Waals surface area contributed by atoms with Crippen molar-refractivity contribution >= 4 is 0 Å². The van der Waals surface area contributed by atoms with Gasteiger partial charge in [0.1, 0.15) is 0 Å². The van der Waals surface area contributed by atoms with Gasteiger partial charge in [0.15, 0.2) is 0 Å². The number of aryl methyl sites for hydroxylation is 1. The average molecular weight is 266 g/mol. The van der Waals surface area contributed by atoms with Crippen LogP contribution in [0.2, 0.25) is 0 Å². The molecule has 0 aliphatic carbocycles. The first-order chi connectivity index (χ1) is 9.19. The molecule has 0 radical (unpaired) electrons. The highest BCUT2D eigenvalue weighted by molar-refractivity contribution is 5.01. The molecule has 110 valence electrons. The van der Waals surface area contributed by atoms with Crippen molar-refractivity contribution in [1.82, 2.24) is 20.0 Å². The molecule has 1 atom stereocenters. The van der Waals surface area contributed by atoms with E-state index in [2.05, 4.69) is 42.2 Å². The van der Waals surface area contributed by atoms with E-state index in [0.29, 0.717) is 6.04 Å². The summed E-state index contributed by atoms with van der Waals surface area (Å²) < 4.78 is 1.89. The van der Waals surface area contributed by atoms with Crippen LogP contribution in [0.3, 0.4) is 0 Å². The minimum Gasteiger partial charge on any atom is -0.314 e. The van der Waals surface area contributed by atoms with Gasteiger partial charge in [-0.15, -0.1) is 0 Å². The predicted octanol–water partition coefficient (Wildman–Crippen LogP) is 2.06. The van der Waals surface area contributed by atoms with Gasteiger partial charge < -0.3 is 10.2 Å². The summed E-state index contributed by atoms with van der Waals surface area (Å²) in [6.45, 7) is 11.2. The Bertz CT molecular complexity index is 331. The smallest absolute Gasteiger partial charge is 0.0640 e. The maximum Gasteiger partial charge on any atom is 0.0640 e. The van der Waals surface area contributed by atoms with Gasteiger partial charge in [0.05, 0.1) is 5.69 Å². The van der Waals surface area contributed by atoms with Crippen molar-refractivity contribution in [2.24, 2.45) is 7.05 Å². The molecule has 0 aliphatic rings. The summed E-state index contributed by atoms with van der Waals surface area (Å²) >= 11 is 0. The molecule has 19 heavy (non-hydrogen) atoms. The molecule has 0 saturated carbocycles. The van der Waals surface area contributed by atoms with E-state index in [1.807, 2.05) is 17.9 Å². The second-order valence-corrected chi connectivity index (χ2v) is 5.15. The Hall–Kier alpha value is -0.870. The fourth-order valence-corrected chi connectivity index (χ4v) is 2.33. The highest BCUT2D eigenvalue weighted by atomic mass is 15.2. The summed E-state index contributed by atoms with van der Waals surface area (Å²) in [5.74, 6) is 0. The summed E-state index contributed by atoms with van der Waals surface area (Å²) in [7, 11) is 1.98. The van der Waals surface area contributed by atoms with Crippen molar-refractivity contribution in [2.45, 2.75) is 46.1 Å². The monoisotopic (exact) mass is 266 g/mol. The first-order valence-electron chi connectivity index (χ1n) is 7.63. The van der Waals surface area contributed by atoms with Crippen molar-refractivity contribution in [3.05, 3.63) is 18.0 Å². The quantitative estimate of drug-likeness (QED) is 0.704. The molecule has 1 aromatic heterocycles. The van der Waals surface area contributed by atoms with Crippen molar-refractivity contribution < 1.29 is 0 Å². The minimum atomic E-state index is 0.537. The topological polar surface area (TPSA) is 33.1 Å². The number of nitrogens with one attached hydrogen (secondary N) is 1. The summed E-state index contributed by atoms with van der Waals surface area (Å²) in [6.07, 6.45) is 5.43. The zero-order chi connectivity index (χ0) is 14.1. The van der Waals surface area contributed by atoms with Crippen molar-refractivity contribution in [1.29, 1.82) is 0 Å². The Morgan fingerprint density at radius 3 is 2.58 bits per heavy atom. The van der Waals surface area contributed by atoms with Gasteiger partial charge in [-0.2, -0.15) is 5.10 Å². The number of hydrogen-bond acceptors (Lipinski definition) is 3. The van der Waals surface area contributed by atoms with Gasteiger partial charge >= 0.3 is 0 Å². The molecule has 0 saturated heterocycles. The second kappa shape index (κ2) is 9.10. The molecular weight excluding hydrogens is 236 g/mol. The van der Waals surface area contributed by atoms with Crippen molar-refractivity contribution in [3.63, 3.8) is 0 Å². The fourth-order valence-electron chi connectivity index (χ4n) is 2.33. The van der Waals surface area contributed by atoms with Gasteiger partial charge in [0.2, 0.25) is 0 Å². The van der Waals surface area contributed by atoms with Crippen LogP contribution < -0.4 is 5.32 Å². The third-order valence-electron chi connectivity index (χ3n) is 3.60. The highest BCUT2D eigenvalue weighted by Gasteiger charge is 2.12. The Balaban J connectivity index is 2.46. The van der Waals surface area contributed by atoms with Crippen molar-refractivity contribution in [2.75, 3.05) is 26.2 Å². The van der Waals surface area contributed by atoms with Gasteiger partial charge in [-0.25, -0.2) is 0 Å². The minimum absolute atomic E-state index is 0.537. The van der Waals surface area contributed by atoms with E-state index in [4.69, 9.17) is 0 Å². The largest absolute Gasteiger partial charge is 0.314 e. The zero-order valence-electron chi connectivity index (χ0n) is 13.0. The lowest BCUT2D eigenvalue weighted by molar-refractivity contribution is 0.280. The average Bonchev–Trinajstić information content (AvgIpc) is 2.82. The standard InChI is InChI=1S/C15H30N4/c1-5-10-16-14(9-12-19(6-2)7-3)13-15-8-11-18(4)17-15/h8,11,14,16H,5-7,9-10,12-13H2,1-4H3. The SMILES string of the molecule is CCCNC(CCN(CC)CC)Cc1ccn(C)n1. The Kier molecular flexibility index (Phi) is 7.75. The van der Waals surface area contributed by atoms with Crippen LogP contribution >= 0.6 is 0 Å². The first kappa shape index (κ1) is 16.2. The Morgan fingerprint density at radius 1 is 1.32 bits per heavy atom. The van der Waals surface area contributed by atoms with Crippen LogP contribution in [0.5, 0.6) is 0 Å². The van der Waals surface area contributed by atoms with Gasteiger partial charge in [0.25, 0.3) is 0 Å². The number of nitrogens with zero attached hydrogens (tertiary/aromatic N) is 3. The molecule has 0 aromatic carbocycles. The predicted molar refractivity (Wildman–Crippen MR) is 81.4 cm³/mol. The van der Waals surface area contributed by atoms with Crippen LogP contribution in [0.4, 0.5) is 0 Å². The molecule has 4 nitrogen and oxygen atoms in total. The van der Waals surface area contributed by atoms with E-state index in [9.17, 15) is 0 Å². The lowest BCUT2D eigenvalue weighted by atomic mass is 10.1. The second-order valence-electron chi connectivity index (χ2n) is 5.15. The maximum absolute atomic E-state index is 4.49. The fraction of sp³-hybridized carbons (Fsp3) is 0.800. The molecule has 1 rings (SSSR count). The van der Waals surface area contributed by atoms with E-state index >= 15 is 0 Å². The van der Waals surface area contributed by atoms with E-state index < -0.39 is 0 Å². The first-order valence-corrected chi connectivity index (χ1v) is 7.63. The number of aromatic nitrogens is 2. The molecule has 1 unspecified atom stereocenters. The summed E-state index contributed by atoms with van der Waals surface area (Å²) in [4.78, 5) is 2.49. The van der Waals surface area contributed by atoms with Crippen LogP contribution in [0.25, 0.3) is 0 Å². The lowest BCUT2D eigenvalue weighted by Gasteiger charge is -2.23. The third kappa shape index (κ3) is 6.21. The van der Waals surface area contributed by atoms with E-state index in [-0.39, 0.29) is 0 Å². The Labute approximate surface area is 118 Å². The number of hydrogen-bond donors (Lipinski definition) is 1. The molecule has 1 aromatic rings. The molecule has 0 bridgehead atoms. The molecule has 0 spiro atoms. The van der Waals surface area contributed by atoms with Crippen LogP contribution in [-0.2, 0) is 13.5 Å². The van der Waals surface area contributed by atoms with Crippen LogP contribution in [0, 0.1) is 0 Å². The summed E-state index contributed by atoms with van der Waals surface area (Å²) in [5.41, 5.74) is 1.19. The molecular formula is C15H30N4. The van der Waals surface area contributed by atoms with Crippen LogP contribution in [0.1, 0.15) is 39.3 Å². The maximum atomic E-state index is 4.49. The lowest BCUT2D eigenvalue weighted by Crippen LogP contribution is -2.36. The van der Waals surface area contributed by atoms with Gasteiger partial charge in [-0.1, -0.05) is 20.8 Å². The number of rotatable bonds is 10. The summed E-state index contributed by atoms with van der Waals surface area (Å²) in [5, 5.41) is 8.14. The molecule has 0 fully saturated rings. The Morgan fingerprint density at radius 2 is 2.05 bits per heavy atom. The van der Waals surface area contributed by atoms with Gasteiger partial charge in [-0.3, -0.25) is 4.68 Å². The van der Waals surface area contributed by atoms with E-state index in [0.717, 1.165) is 26.1 Å². The summed E-state index contributed by atoms with van der Waals surface area (Å²) in [6, 6.07) is 2.66. The molecule has 4 heteroatoms. The van der Waals surface area contributed by atoms with Crippen molar-refractivity contribution in [3.8, 4) is 0 Å². The molecule has 1 N–H and O–H groups in total. The zero-order valence-corrected chi connectivity index (χ0v) is 13.0. The van der Waals surface area contributed by atoms with Crippen LogP contribution in [-0.4, -0.2) is 46.9 Å². The van der Waals surface area contributed by atoms with Gasteiger partial charge in [-0.05, 0) is 45.1 Å². The molecule has 0 aliphatic heterocycles. The van der Waals surface area contributed by atoms with Crippen LogP contribution in [0.15, 0.2) is 12.3 Å². The van der Waals surface area contributed by atoms with E-state index in [1.54, 1.807) is 0 Å². The molecule has 1 heterocycles. The van der Waals surface area contributed by atoms with Gasteiger partial charge in [0, 0.05) is 25.7 Å². The third-order valence-corrected chi connectivity index (χ3v) is 3.60. The van der Waals surface area contributed by atoms with E-state index in [1.165, 1.54) is 25.1 Å². The highest BCUT2D eigenvalue weighted by Crippen LogP contribution is 2.05. The molecule has 0 amide bonds. The normalized spacial score (nSPS) is 13.1.